The molecule has 1 atom stereocenters. The van der Waals surface area contributed by atoms with E-state index in [0.29, 0.717) is 23.6 Å². The predicted molar refractivity (Wildman–Crippen MR) is 119 cm³/mol. The van der Waals surface area contributed by atoms with Gasteiger partial charge in [0.25, 0.3) is 0 Å². The number of amides is 2. The molecule has 10 nitrogen and oxygen atoms in total. The lowest BCUT2D eigenvalue weighted by molar-refractivity contribution is 0.0501. The van der Waals surface area contributed by atoms with Gasteiger partial charge in [0.15, 0.2) is 0 Å². The first-order valence-electron chi connectivity index (χ1n) is 10.1. The third-order valence-electron chi connectivity index (χ3n) is 4.41. The molecule has 3 rings (SSSR count). The third kappa shape index (κ3) is 6.34. The quantitative estimate of drug-likeness (QED) is 0.536. The van der Waals surface area contributed by atoms with Gasteiger partial charge in [-0.15, -0.1) is 0 Å². The fourth-order valence-corrected chi connectivity index (χ4v) is 3.00. The molecule has 0 bridgehead atoms. The van der Waals surface area contributed by atoms with E-state index in [9.17, 15) is 9.59 Å². The zero-order valence-electron chi connectivity index (χ0n) is 18.8. The van der Waals surface area contributed by atoms with E-state index in [2.05, 4.69) is 30.4 Å². The minimum absolute atomic E-state index is 0.440. The van der Waals surface area contributed by atoms with Gasteiger partial charge in [0.1, 0.15) is 11.4 Å². The molecule has 0 aliphatic carbocycles. The van der Waals surface area contributed by atoms with Crippen LogP contribution in [0.4, 0.5) is 15.3 Å². The Bertz CT molecular complexity index is 1060. The number of aryl methyl sites for hydroxylation is 1. The van der Waals surface area contributed by atoms with Crippen LogP contribution in [0.5, 0.6) is 0 Å². The van der Waals surface area contributed by atoms with E-state index in [-0.39, 0.29) is 0 Å². The Labute approximate surface area is 186 Å². The van der Waals surface area contributed by atoms with Gasteiger partial charge in [0.05, 0.1) is 24.5 Å². The van der Waals surface area contributed by atoms with E-state index in [1.54, 1.807) is 23.0 Å². The number of anilines is 1. The zero-order valence-corrected chi connectivity index (χ0v) is 18.8. The first kappa shape index (κ1) is 22.9. The summed E-state index contributed by atoms with van der Waals surface area (Å²) < 4.78 is 11.7. The molecule has 2 aromatic heterocycles. The largest absolute Gasteiger partial charge is 0.453 e. The Balaban J connectivity index is 1.79. The lowest BCUT2D eigenvalue weighted by Crippen LogP contribution is -2.36. The number of methoxy groups -OCH3 is 1. The Kier molecular flexibility index (Phi) is 6.82. The SMILES string of the molecule is COC(=O)Nc1ccc(-c2c[nH]c([C@H](Cc3ccn(C)n3)NC(=O)OC(C)(C)C)n2)cc1. The van der Waals surface area contributed by atoms with Crippen molar-refractivity contribution in [1.82, 2.24) is 25.1 Å². The zero-order chi connectivity index (χ0) is 23.3. The second kappa shape index (κ2) is 9.54. The minimum Gasteiger partial charge on any atom is -0.453 e. The molecular formula is C22H28N6O4. The van der Waals surface area contributed by atoms with E-state index in [0.717, 1.165) is 11.3 Å². The summed E-state index contributed by atoms with van der Waals surface area (Å²) in [7, 11) is 3.14. The van der Waals surface area contributed by atoms with Crippen molar-refractivity contribution in [1.29, 1.82) is 0 Å². The number of rotatable bonds is 6. The number of carbonyl (C=O) groups excluding carboxylic acids is 2. The average molecular weight is 441 g/mol. The summed E-state index contributed by atoms with van der Waals surface area (Å²) in [6, 6.07) is 8.60. The summed E-state index contributed by atoms with van der Waals surface area (Å²) in [5.74, 6) is 0.577. The fourth-order valence-electron chi connectivity index (χ4n) is 3.00. The number of hydrogen-bond donors (Lipinski definition) is 3. The van der Waals surface area contributed by atoms with Crippen LogP contribution in [-0.4, -0.2) is 44.6 Å². The number of ether oxygens (including phenoxy) is 2. The number of alkyl carbamates (subject to hydrolysis) is 1. The number of aromatic nitrogens is 4. The highest BCUT2D eigenvalue weighted by Crippen LogP contribution is 2.23. The number of carbonyl (C=O) groups is 2. The fraction of sp³-hybridized carbons (Fsp3) is 0.364. The van der Waals surface area contributed by atoms with Gasteiger partial charge >= 0.3 is 12.2 Å². The van der Waals surface area contributed by atoms with E-state index < -0.39 is 23.8 Å². The van der Waals surface area contributed by atoms with Crippen molar-refractivity contribution in [2.24, 2.45) is 7.05 Å². The molecule has 0 saturated carbocycles. The first-order chi connectivity index (χ1) is 15.1. The topological polar surface area (TPSA) is 123 Å². The van der Waals surface area contributed by atoms with Crippen LogP contribution in [0, 0.1) is 0 Å². The van der Waals surface area contributed by atoms with Gasteiger partial charge in [-0.1, -0.05) is 12.1 Å². The number of hydrogen-bond acceptors (Lipinski definition) is 6. The van der Waals surface area contributed by atoms with Gasteiger partial charge in [0.2, 0.25) is 0 Å². The summed E-state index contributed by atoms with van der Waals surface area (Å²) in [5.41, 5.74) is 2.34. The minimum atomic E-state index is -0.617. The van der Waals surface area contributed by atoms with E-state index >= 15 is 0 Å². The van der Waals surface area contributed by atoms with E-state index in [4.69, 9.17) is 4.74 Å². The van der Waals surface area contributed by atoms with Gasteiger partial charge in [-0.3, -0.25) is 10.00 Å². The number of H-pyrrole nitrogens is 1. The van der Waals surface area contributed by atoms with Crippen LogP contribution in [0.25, 0.3) is 11.3 Å². The Morgan fingerprint density at radius 3 is 2.47 bits per heavy atom. The number of nitrogens with one attached hydrogen (secondary N) is 3. The summed E-state index contributed by atoms with van der Waals surface area (Å²) in [5, 5.41) is 9.89. The molecule has 0 saturated heterocycles. The van der Waals surface area contributed by atoms with Crippen molar-refractivity contribution in [3.05, 3.63) is 54.2 Å². The predicted octanol–water partition coefficient (Wildman–Crippen LogP) is 3.80. The highest BCUT2D eigenvalue weighted by atomic mass is 16.6. The van der Waals surface area contributed by atoms with Gasteiger partial charge in [-0.2, -0.15) is 5.10 Å². The molecule has 2 heterocycles. The molecule has 32 heavy (non-hydrogen) atoms. The van der Waals surface area contributed by atoms with Crippen LogP contribution >= 0.6 is 0 Å². The second-order valence-electron chi connectivity index (χ2n) is 8.25. The van der Waals surface area contributed by atoms with E-state index in [1.165, 1.54) is 7.11 Å². The van der Waals surface area contributed by atoms with Gasteiger partial charge in [-0.05, 0) is 39.0 Å². The highest BCUT2D eigenvalue weighted by molar-refractivity contribution is 5.84. The van der Waals surface area contributed by atoms with Gasteiger partial charge in [0, 0.05) is 37.1 Å². The monoisotopic (exact) mass is 440 g/mol. The molecule has 0 aliphatic heterocycles. The first-order valence-corrected chi connectivity index (χ1v) is 10.1. The molecule has 0 aliphatic rings. The normalized spacial score (nSPS) is 12.2. The van der Waals surface area contributed by atoms with E-state index in [1.807, 2.05) is 52.2 Å². The van der Waals surface area contributed by atoms with Crippen molar-refractivity contribution in [2.75, 3.05) is 12.4 Å². The molecule has 1 aromatic carbocycles. The highest BCUT2D eigenvalue weighted by Gasteiger charge is 2.24. The smallest absolute Gasteiger partial charge is 0.411 e. The molecule has 0 fully saturated rings. The van der Waals surface area contributed by atoms with Crippen molar-refractivity contribution in [2.45, 2.75) is 38.8 Å². The van der Waals surface area contributed by atoms with Gasteiger partial charge in [-0.25, -0.2) is 14.6 Å². The molecule has 3 aromatic rings. The van der Waals surface area contributed by atoms with Crippen LogP contribution in [0.1, 0.15) is 38.3 Å². The van der Waals surface area contributed by atoms with Crippen LogP contribution in [0.3, 0.4) is 0 Å². The molecule has 0 radical (unpaired) electrons. The Morgan fingerprint density at radius 2 is 1.88 bits per heavy atom. The van der Waals surface area contributed by atoms with Crippen LogP contribution < -0.4 is 10.6 Å². The summed E-state index contributed by atoms with van der Waals surface area (Å²) >= 11 is 0. The Morgan fingerprint density at radius 1 is 1.16 bits per heavy atom. The van der Waals surface area contributed by atoms with Crippen molar-refractivity contribution < 1.29 is 19.1 Å². The molecule has 3 N–H and O–H groups in total. The van der Waals surface area contributed by atoms with Gasteiger partial charge < -0.3 is 19.8 Å². The number of imidazole rings is 1. The molecule has 170 valence electrons. The molecule has 2 amide bonds. The third-order valence-corrected chi connectivity index (χ3v) is 4.41. The number of benzene rings is 1. The summed E-state index contributed by atoms with van der Waals surface area (Å²) in [6.45, 7) is 5.43. The molecule has 0 spiro atoms. The van der Waals surface area contributed by atoms with Crippen LogP contribution in [-0.2, 0) is 22.9 Å². The maximum Gasteiger partial charge on any atom is 0.411 e. The number of nitrogens with zero attached hydrogens (tertiary/aromatic N) is 3. The second-order valence-corrected chi connectivity index (χ2v) is 8.25. The van der Waals surface area contributed by atoms with Crippen molar-refractivity contribution in [3.63, 3.8) is 0 Å². The lowest BCUT2D eigenvalue weighted by atomic mass is 10.1. The Hall–Kier alpha value is -3.82. The summed E-state index contributed by atoms with van der Waals surface area (Å²) in [4.78, 5) is 31.6. The maximum atomic E-state index is 12.4. The lowest BCUT2D eigenvalue weighted by Gasteiger charge is -2.22. The molecule has 10 heteroatoms. The van der Waals surface area contributed by atoms with Crippen molar-refractivity contribution >= 4 is 17.9 Å². The van der Waals surface area contributed by atoms with Crippen molar-refractivity contribution in [3.8, 4) is 11.3 Å². The standard InChI is InChI=1S/C22H28N6O4/c1-22(2,3)32-21(30)26-17(12-16-10-11-28(4)27-16)19-23-13-18(25-19)14-6-8-15(9-7-14)24-20(29)31-5/h6-11,13,17H,12H2,1-5H3,(H,23,25)(H,24,29)(H,26,30)/t17-/m0/s1. The van der Waals surface area contributed by atoms with Crippen LogP contribution in [0.2, 0.25) is 0 Å². The van der Waals surface area contributed by atoms with Crippen LogP contribution in [0.15, 0.2) is 42.7 Å². The summed E-state index contributed by atoms with van der Waals surface area (Å²) in [6.07, 6.45) is 2.98. The molecular weight excluding hydrogens is 412 g/mol. The average Bonchev–Trinajstić information content (AvgIpc) is 3.36. The number of aromatic amines is 1. The maximum absolute atomic E-state index is 12.4. The molecule has 0 unspecified atom stereocenters.